The van der Waals surface area contributed by atoms with Crippen LogP contribution in [0.3, 0.4) is 0 Å². The molecule has 0 amide bonds. The van der Waals surface area contributed by atoms with Gasteiger partial charge < -0.3 is 9.47 Å². The minimum absolute atomic E-state index is 0.132. The van der Waals surface area contributed by atoms with E-state index in [-0.39, 0.29) is 24.0 Å². The fourth-order valence-electron chi connectivity index (χ4n) is 2.38. The number of hydrogen-bond donors (Lipinski definition) is 1. The Morgan fingerprint density at radius 3 is 2.96 bits per heavy atom. The number of hydrogen-bond acceptors (Lipinski definition) is 7. The first-order valence-electron chi connectivity index (χ1n) is 9.43. The number of aromatic nitrogens is 1. The van der Waals surface area contributed by atoms with Gasteiger partial charge in [-0.05, 0) is 31.0 Å². The number of nitrogens with zero attached hydrogens (tertiary/aromatic N) is 2. The second-order valence-corrected chi connectivity index (χ2v) is 6.95. The third-order valence-corrected chi connectivity index (χ3v) is 4.56. The molecule has 8 heteroatoms. The highest BCUT2D eigenvalue weighted by Gasteiger charge is 2.08. The van der Waals surface area contributed by atoms with Gasteiger partial charge >= 0.3 is 5.97 Å². The number of halogens is 1. The molecule has 1 aromatic heterocycles. The molecule has 0 unspecified atom stereocenters. The summed E-state index contributed by atoms with van der Waals surface area (Å²) in [5.74, 6) is -0.466. The van der Waals surface area contributed by atoms with Crippen LogP contribution in [0.15, 0.2) is 28.7 Å². The van der Waals surface area contributed by atoms with Gasteiger partial charge in [-0.25, -0.2) is 9.37 Å². The van der Waals surface area contributed by atoms with Crippen LogP contribution in [0.2, 0.25) is 0 Å². The van der Waals surface area contributed by atoms with E-state index in [1.54, 1.807) is 30.7 Å². The Bertz CT molecular complexity index is 780. The van der Waals surface area contributed by atoms with Crippen molar-refractivity contribution in [3.05, 3.63) is 40.7 Å². The monoisotopic (exact) mass is 407 g/mol. The highest BCUT2D eigenvalue weighted by Crippen LogP contribution is 2.19. The number of unbranched alkanes of at least 4 members (excludes halogenated alkanes) is 3. The van der Waals surface area contributed by atoms with Crippen molar-refractivity contribution in [2.75, 3.05) is 18.6 Å². The Morgan fingerprint density at radius 2 is 2.18 bits per heavy atom. The van der Waals surface area contributed by atoms with Crippen molar-refractivity contribution in [3.8, 4) is 5.75 Å². The van der Waals surface area contributed by atoms with Crippen LogP contribution < -0.4 is 10.2 Å². The SMILES string of the molecule is CCCCCCOc1cc(C=NNc2nc(CC(=O)OCC)cs2)ccc1F. The van der Waals surface area contributed by atoms with E-state index in [1.165, 1.54) is 17.4 Å². The summed E-state index contributed by atoms with van der Waals surface area (Å²) in [7, 11) is 0. The molecule has 2 aromatic rings. The second kappa shape index (κ2) is 12.1. The zero-order chi connectivity index (χ0) is 20.2. The lowest BCUT2D eigenvalue weighted by atomic mass is 10.2. The number of carbonyl (C=O) groups is 1. The summed E-state index contributed by atoms with van der Waals surface area (Å²) in [5.41, 5.74) is 4.14. The lowest BCUT2D eigenvalue weighted by Gasteiger charge is -2.07. The maximum Gasteiger partial charge on any atom is 0.311 e. The van der Waals surface area contributed by atoms with Crippen LogP contribution in [0.1, 0.15) is 50.8 Å². The largest absolute Gasteiger partial charge is 0.490 e. The summed E-state index contributed by atoms with van der Waals surface area (Å²) in [4.78, 5) is 15.7. The third-order valence-electron chi connectivity index (χ3n) is 3.77. The molecule has 28 heavy (non-hydrogen) atoms. The van der Waals surface area contributed by atoms with Crippen molar-refractivity contribution in [2.24, 2.45) is 5.10 Å². The molecule has 0 saturated carbocycles. The maximum absolute atomic E-state index is 13.9. The molecule has 2 rings (SSSR count). The molecule has 0 aliphatic rings. The smallest absolute Gasteiger partial charge is 0.311 e. The van der Waals surface area contributed by atoms with E-state index in [9.17, 15) is 9.18 Å². The van der Waals surface area contributed by atoms with Crippen LogP contribution in [0.4, 0.5) is 9.52 Å². The number of hydrazone groups is 1. The minimum atomic E-state index is -0.385. The molecule has 1 heterocycles. The fraction of sp³-hybridized carbons (Fsp3) is 0.450. The molecule has 0 bridgehead atoms. The van der Waals surface area contributed by atoms with Crippen LogP contribution in [0, 0.1) is 5.82 Å². The van der Waals surface area contributed by atoms with Crippen LogP contribution in [-0.2, 0) is 16.0 Å². The van der Waals surface area contributed by atoms with Crippen LogP contribution >= 0.6 is 11.3 Å². The normalized spacial score (nSPS) is 11.0. The number of benzene rings is 1. The molecule has 152 valence electrons. The maximum atomic E-state index is 13.9. The van der Waals surface area contributed by atoms with E-state index in [4.69, 9.17) is 9.47 Å². The van der Waals surface area contributed by atoms with Crippen molar-refractivity contribution >= 4 is 28.7 Å². The highest BCUT2D eigenvalue weighted by atomic mass is 32.1. The van der Waals surface area contributed by atoms with Gasteiger partial charge in [0.15, 0.2) is 11.6 Å². The van der Waals surface area contributed by atoms with Gasteiger partial charge in [0, 0.05) is 5.38 Å². The number of esters is 1. The highest BCUT2D eigenvalue weighted by molar-refractivity contribution is 7.13. The predicted molar refractivity (Wildman–Crippen MR) is 110 cm³/mol. The number of ether oxygens (including phenoxy) is 2. The Labute approximate surface area is 168 Å². The molecule has 0 fully saturated rings. The molecule has 0 atom stereocenters. The number of anilines is 1. The van der Waals surface area contributed by atoms with Crippen molar-refractivity contribution in [1.29, 1.82) is 0 Å². The van der Waals surface area contributed by atoms with Crippen LogP contribution in [0.25, 0.3) is 0 Å². The minimum Gasteiger partial charge on any atom is -0.490 e. The van der Waals surface area contributed by atoms with Crippen LogP contribution in [0.5, 0.6) is 5.75 Å². The van der Waals surface area contributed by atoms with Crippen molar-refractivity contribution in [2.45, 2.75) is 46.0 Å². The van der Waals surface area contributed by atoms with Crippen molar-refractivity contribution in [3.63, 3.8) is 0 Å². The summed E-state index contributed by atoms with van der Waals surface area (Å²) < 4.78 is 24.3. The molecule has 1 aromatic carbocycles. The Morgan fingerprint density at radius 1 is 1.32 bits per heavy atom. The number of thiazole rings is 1. The number of carbonyl (C=O) groups excluding carboxylic acids is 1. The summed E-state index contributed by atoms with van der Waals surface area (Å²) in [6, 6.07) is 4.61. The van der Waals surface area contributed by atoms with E-state index >= 15 is 0 Å². The molecular weight excluding hydrogens is 381 g/mol. The first kappa shape index (κ1) is 21.8. The quantitative estimate of drug-likeness (QED) is 0.237. The van der Waals surface area contributed by atoms with Gasteiger partial charge in [0.25, 0.3) is 0 Å². The van der Waals surface area contributed by atoms with E-state index in [0.29, 0.717) is 29.6 Å². The average molecular weight is 408 g/mol. The van der Waals surface area contributed by atoms with Gasteiger partial charge in [0.05, 0.1) is 31.5 Å². The number of nitrogens with one attached hydrogen (secondary N) is 1. The summed E-state index contributed by atoms with van der Waals surface area (Å²) in [6.07, 6.45) is 5.99. The lowest BCUT2D eigenvalue weighted by molar-refractivity contribution is -0.142. The second-order valence-electron chi connectivity index (χ2n) is 6.09. The van der Waals surface area contributed by atoms with E-state index < -0.39 is 0 Å². The van der Waals surface area contributed by atoms with Crippen molar-refractivity contribution < 1.29 is 18.7 Å². The zero-order valence-electron chi connectivity index (χ0n) is 16.2. The van der Waals surface area contributed by atoms with Gasteiger partial charge in [-0.1, -0.05) is 32.3 Å². The number of rotatable bonds is 12. The van der Waals surface area contributed by atoms with Crippen LogP contribution in [-0.4, -0.2) is 30.4 Å². The Kier molecular flexibility index (Phi) is 9.41. The summed E-state index contributed by atoms with van der Waals surface area (Å²) >= 11 is 1.34. The summed E-state index contributed by atoms with van der Waals surface area (Å²) in [5, 5.41) is 6.45. The molecule has 0 radical (unpaired) electrons. The zero-order valence-corrected chi connectivity index (χ0v) is 17.1. The fourth-order valence-corrected chi connectivity index (χ4v) is 3.04. The standard InChI is InChI=1S/C20H26FN3O3S/c1-3-5-6-7-10-27-18-11-15(8-9-17(18)21)13-22-24-20-23-16(14-28-20)12-19(25)26-4-2/h8-9,11,13-14H,3-7,10,12H2,1-2H3,(H,23,24). The van der Waals surface area contributed by atoms with Gasteiger partial charge in [0.2, 0.25) is 5.13 Å². The molecule has 0 aliphatic carbocycles. The third kappa shape index (κ3) is 7.64. The molecular formula is C20H26FN3O3S. The molecule has 0 spiro atoms. The first-order valence-corrected chi connectivity index (χ1v) is 10.3. The van der Waals surface area contributed by atoms with E-state index in [2.05, 4.69) is 22.4 Å². The average Bonchev–Trinajstić information content (AvgIpc) is 3.11. The Hall–Kier alpha value is -2.48. The van der Waals surface area contributed by atoms with Gasteiger partial charge in [-0.3, -0.25) is 10.2 Å². The van der Waals surface area contributed by atoms with E-state index in [1.807, 2.05) is 0 Å². The molecule has 6 nitrogen and oxygen atoms in total. The lowest BCUT2D eigenvalue weighted by Crippen LogP contribution is -2.07. The van der Waals surface area contributed by atoms with Gasteiger partial charge in [-0.15, -0.1) is 11.3 Å². The molecule has 0 aliphatic heterocycles. The molecule has 0 saturated heterocycles. The van der Waals surface area contributed by atoms with E-state index in [0.717, 1.165) is 25.7 Å². The van der Waals surface area contributed by atoms with Gasteiger partial charge in [-0.2, -0.15) is 5.10 Å². The Balaban J connectivity index is 1.86. The first-order chi connectivity index (χ1) is 13.6. The summed E-state index contributed by atoms with van der Waals surface area (Å²) in [6.45, 7) is 4.75. The van der Waals surface area contributed by atoms with Gasteiger partial charge in [0.1, 0.15) is 0 Å². The predicted octanol–water partition coefficient (Wildman–Crippen LogP) is 4.79. The molecule has 1 N–H and O–H groups in total. The van der Waals surface area contributed by atoms with Crippen molar-refractivity contribution in [1.82, 2.24) is 4.98 Å². The topological polar surface area (TPSA) is 72.8 Å².